The van der Waals surface area contributed by atoms with Gasteiger partial charge in [0.15, 0.2) is 49.1 Å². The number of carbonyl (C=O) groups excluding carboxylic acids is 9. The van der Waals surface area contributed by atoms with E-state index in [4.69, 9.17) is 47.4 Å². The molecular weight excluding hydrogens is 680 g/mol. The van der Waals surface area contributed by atoms with E-state index in [0.29, 0.717) is 0 Å². The molecule has 21 heteroatoms. The molecule has 0 radical (unpaired) electrons. The lowest BCUT2D eigenvalue weighted by Gasteiger charge is -2.45. The van der Waals surface area contributed by atoms with Gasteiger partial charge in [0.2, 0.25) is 0 Å². The zero-order valence-electron chi connectivity index (χ0n) is 28.4. The topological polar surface area (TPSA) is 270 Å². The highest BCUT2D eigenvalue weighted by molar-refractivity contribution is 5.75. The summed E-state index contributed by atoms with van der Waals surface area (Å²) in [6, 6.07) is -1.20. The molecule has 2 aliphatic rings. The van der Waals surface area contributed by atoms with E-state index in [-0.39, 0.29) is 0 Å². The summed E-state index contributed by atoms with van der Waals surface area (Å²) in [5.41, 5.74) is 0. The van der Waals surface area contributed by atoms with Crippen LogP contribution >= 0.6 is 0 Å². The van der Waals surface area contributed by atoms with E-state index in [2.05, 4.69) is 10.6 Å². The molecule has 0 spiro atoms. The Balaban J connectivity index is 2.53. The summed E-state index contributed by atoms with van der Waals surface area (Å²) in [6.07, 6.45) is -15.9. The Hall–Kier alpha value is -5.05. The maximum atomic E-state index is 13.5. The number of ether oxygens (including phenoxy) is 10. The summed E-state index contributed by atoms with van der Waals surface area (Å²) in [5.74, 6) is -7.02. The van der Waals surface area contributed by atoms with Crippen LogP contribution in [0.25, 0.3) is 0 Å². The average Bonchev–Trinajstić information content (AvgIpc) is 2.95. The smallest absolute Gasteiger partial charge is 0.319 e. The van der Waals surface area contributed by atoms with Crippen molar-refractivity contribution in [2.45, 2.75) is 117 Å². The van der Waals surface area contributed by atoms with Gasteiger partial charge in [-0.1, -0.05) is 0 Å². The fourth-order valence-electron chi connectivity index (χ4n) is 4.99. The quantitative estimate of drug-likeness (QED) is 0.171. The molecule has 0 aromatic carbocycles. The van der Waals surface area contributed by atoms with Gasteiger partial charge < -0.3 is 58.0 Å². The highest BCUT2D eigenvalue weighted by atomic mass is 16.7. The predicted molar refractivity (Wildman–Crippen MR) is 156 cm³/mol. The van der Waals surface area contributed by atoms with Crippen LogP contribution in [-0.4, -0.2) is 128 Å². The van der Waals surface area contributed by atoms with E-state index < -0.39 is 128 Å². The van der Waals surface area contributed by atoms with Gasteiger partial charge in [-0.2, -0.15) is 0 Å². The van der Waals surface area contributed by atoms with Crippen LogP contribution in [0.2, 0.25) is 0 Å². The minimum absolute atomic E-state index is 0.586. The first-order valence-electron chi connectivity index (χ1n) is 15.0. The van der Waals surface area contributed by atoms with Gasteiger partial charge >= 0.3 is 53.8 Å². The van der Waals surface area contributed by atoms with Gasteiger partial charge in [-0.15, -0.1) is 0 Å². The van der Waals surface area contributed by atoms with Crippen molar-refractivity contribution in [2.75, 3.05) is 13.2 Å². The highest BCUT2D eigenvalue weighted by Crippen LogP contribution is 2.30. The first-order chi connectivity index (χ1) is 23.3. The second-order valence-electron chi connectivity index (χ2n) is 10.9. The number of nitrogens with one attached hydrogen (secondary N) is 2. The first-order valence-corrected chi connectivity index (χ1v) is 15.0. The van der Waals surface area contributed by atoms with Gasteiger partial charge in [0.05, 0.1) is 0 Å². The van der Waals surface area contributed by atoms with Crippen molar-refractivity contribution in [3.63, 3.8) is 0 Å². The number of rotatable bonds is 12. The lowest BCUT2D eigenvalue weighted by atomic mass is 9.96. The van der Waals surface area contributed by atoms with E-state index in [1.807, 2.05) is 0 Å². The second kappa shape index (κ2) is 18.6. The zero-order valence-corrected chi connectivity index (χ0v) is 28.4. The molecule has 2 N–H and O–H groups in total. The summed E-state index contributed by atoms with van der Waals surface area (Å²) in [5, 5.41) is 4.67. The number of hydrogen-bond acceptors (Lipinski definition) is 19. The fourth-order valence-corrected chi connectivity index (χ4v) is 4.99. The normalized spacial score (nSPS) is 28.7. The van der Waals surface area contributed by atoms with E-state index >= 15 is 0 Å². The predicted octanol–water partition coefficient (Wildman–Crippen LogP) is -1.55. The monoisotopic (exact) mass is 720 g/mol. The molecule has 2 aliphatic heterocycles. The Morgan fingerprint density at radius 2 is 0.660 bits per heavy atom. The standard InChI is InChI=1S/C29H40N2O19/c1-11(32)41-9-19-21(43-13(3)34)23(45-15(5)36)25(47-17(7)38)27(49-19)30-29(40)31-28-26(48-18(8)39)24(46-16(6)37)22(44-14(4)35)20(50-28)10-42-12(2)33/h19-28H,9-10H2,1-8H3,(H2,30,31,40)/t19-,20-,21-,22-,23+,24+,25+,26+,27-,28-/m1/s1. The van der Waals surface area contributed by atoms with E-state index in [0.717, 1.165) is 55.4 Å². The minimum Gasteiger partial charge on any atom is -0.463 e. The third-order valence-electron chi connectivity index (χ3n) is 6.53. The largest absolute Gasteiger partial charge is 0.463 e. The number of carbonyl (C=O) groups is 9. The summed E-state index contributed by atoms with van der Waals surface area (Å²) < 4.78 is 53.6. The van der Waals surface area contributed by atoms with Gasteiger partial charge in [-0.05, 0) is 0 Å². The summed E-state index contributed by atoms with van der Waals surface area (Å²) in [6.45, 7) is 7.03. The number of amides is 2. The Bertz CT molecular complexity index is 1220. The minimum atomic E-state index is -1.72. The SMILES string of the molecule is CC(=O)OC[C@H]1O[C@@H](NC(=O)N[C@@H]2O[C@H](COC(C)=O)[C@@H](OC(C)=O)[C@H](OC(C)=O)[C@@H]2OC(C)=O)[C@@H](OC(C)=O)[C@@H](OC(C)=O)[C@@H]1OC(C)=O. The lowest BCUT2D eigenvalue weighted by molar-refractivity contribution is -0.258. The first kappa shape index (κ1) is 41.1. The van der Waals surface area contributed by atoms with Crippen LogP contribution in [0.15, 0.2) is 0 Å². The number of hydrogen-bond donors (Lipinski definition) is 2. The Labute approximate surface area is 285 Å². The molecule has 2 heterocycles. The van der Waals surface area contributed by atoms with Crippen LogP contribution in [0.5, 0.6) is 0 Å². The summed E-state index contributed by atoms with van der Waals surface area (Å²) in [7, 11) is 0. The molecule has 0 aliphatic carbocycles. The molecule has 2 amide bonds. The number of esters is 8. The molecule has 0 saturated carbocycles. The Morgan fingerprint density at radius 3 is 0.920 bits per heavy atom. The molecule has 0 aromatic heterocycles. The third kappa shape index (κ3) is 12.8. The molecule has 0 unspecified atom stereocenters. The van der Waals surface area contributed by atoms with Gasteiger partial charge in [0, 0.05) is 55.4 Å². The molecule has 280 valence electrons. The van der Waals surface area contributed by atoms with Crippen LogP contribution in [0.4, 0.5) is 4.79 Å². The summed E-state index contributed by atoms with van der Waals surface area (Å²) >= 11 is 0. The van der Waals surface area contributed by atoms with Gasteiger partial charge in [0.25, 0.3) is 0 Å². The number of urea groups is 1. The molecule has 2 fully saturated rings. The maximum Gasteiger partial charge on any atom is 0.319 e. The molecule has 2 saturated heterocycles. The Kier molecular flexibility index (Phi) is 15.3. The molecule has 10 atom stereocenters. The zero-order chi connectivity index (χ0) is 37.9. The fraction of sp³-hybridized carbons (Fsp3) is 0.690. The molecule has 2 rings (SSSR count). The molecule has 0 bridgehead atoms. The van der Waals surface area contributed by atoms with Gasteiger partial charge in [-0.25, -0.2) is 4.79 Å². The van der Waals surface area contributed by atoms with Crippen molar-refractivity contribution in [1.82, 2.24) is 10.6 Å². The van der Waals surface area contributed by atoms with Crippen molar-refractivity contribution >= 4 is 53.8 Å². The van der Waals surface area contributed by atoms with Crippen LogP contribution in [-0.2, 0) is 85.7 Å². The third-order valence-corrected chi connectivity index (χ3v) is 6.53. The lowest BCUT2D eigenvalue weighted by Crippen LogP contribution is -2.69. The van der Waals surface area contributed by atoms with Crippen LogP contribution in [0.3, 0.4) is 0 Å². The van der Waals surface area contributed by atoms with E-state index in [1.165, 1.54) is 0 Å². The Morgan fingerprint density at radius 1 is 0.400 bits per heavy atom. The van der Waals surface area contributed by atoms with E-state index in [1.54, 1.807) is 0 Å². The van der Waals surface area contributed by atoms with Crippen molar-refractivity contribution in [3.05, 3.63) is 0 Å². The van der Waals surface area contributed by atoms with Gasteiger partial charge in [-0.3, -0.25) is 38.4 Å². The van der Waals surface area contributed by atoms with Crippen molar-refractivity contribution in [3.8, 4) is 0 Å². The highest BCUT2D eigenvalue weighted by Gasteiger charge is 2.55. The van der Waals surface area contributed by atoms with Crippen molar-refractivity contribution < 1.29 is 90.5 Å². The van der Waals surface area contributed by atoms with Gasteiger partial charge in [0.1, 0.15) is 25.4 Å². The molecule has 50 heavy (non-hydrogen) atoms. The van der Waals surface area contributed by atoms with Crippen LogP contribution in [0.1, 0.15) is 55.4 Å². The van der Waals surface area contributed by atoms with Crippen molar-refractivity contribution in [2.24, 2.45) is 0 Å². The molecule has 21 nitrogen and oxygen atoms in total. The van der Waals surface area contributed by atoms with E-state index in [9.17, 15) is 43.2 Å². The maximum absolute atomic E-state index is 13.5. The molecular formula is C29H40N2O19. The second-order valence-corrected chi connectivity index (χ2v) is 10.9. The van der Waals surface area contributed by atoms with Crippen molar-refractivity contribution in [1.29, 1.82) is 0 Å². The average molecular weight is 721 g/mol. The molecule has 0 aromatic rings. The summed E-state index contributed by atoms with van der Waals surface area (Å²) in [4.78, 5) is 109. The van der Waals surface area contributed by atoms with Crippen LogP contribution < -0.4 is 10.6 Å². The van der Waals surface area contributed by atoms with Crippen LogP contribution in [0, 0.1) is 0 Å².